The van der Waals surface area contributed by atoms with Crippen molar-refractivity contribution in [2.45, 2.75) is 25.7 Å². The number of allylic oxidation sites excluding steroid dienone is 1. The molecule has 0 amide bonds. The predicted molar refractivity (Wildman–Crippen MR) is 74.2 cm³/mol. The summed E-state index contributed by atoms with van der Waals surface area (Å²) in [5, 5.41) is 19.9. The molecule has 20 heavy (non-hydrogen) atoms. The highest BCUT2D eigenvalue weighted by molar-refractivity contribution is 5.92. The number of ether oxygens (including phenoxy) is 1. The van der Waals surface area contributed by atoms with E-state index in [4.69, 9.17) is 9.84 Å². The summed E-state index contributed by atoms with van der Waals surface area (Å²) in [5.74, 6) is -1.41. The van der Waals surface area contributed by atoms with Gasteiger partial charge in [-0.05, 0) is 31.7 Å². The van der Waals surface area contributed by atoms with Gasteiger partial charge in [-0.25, -0.2) is 4.79 Å². The molecule has 0 fully saturated rings. The first kappa shape index (κ1) is 15.7. The second-order valence-electron chi connectivity index (χ2n) is 4.20. The van der Waals surface area contributed by atoms with Gasteiger partial charge in [0, 0.05) is 6.07 Å². The zero-order valence-corrected chi connectivity index (χ0v) is 11.1. The van der Waals surface area contributed by atoms with Crippen molar-refractivity contribution in [2.75, 3.05) is 6.61 Å². The number of para-hydroxylation sites is 1. The number of hydrogen-bond acceptors (Lipinski definition) is 4. The van der Waals surface area contributed by atoms with Crippen molar-refractivity contribution in [3.8, 4) is 5.75 Å². The van der Waals surface area contributed by atoms with Crippen LogP contribution in [-0.4, -0.2) is 22.6 Å². The number of carboxylic acid groups (broad SMARTS) is 1. The Morgan fingerprint density at radius 3 is 2.75 bits per heavy atom. The monoisotopic (exact) mass is 279 g/mol. The summed E-state index contributed by atoms with van der Waals surface area (Å²) in [6, 6.07) is 3.86. The molecule has 1 aromatic rings. The molecular formula is C14H17NO5. The Bertz CT molecular complexity index is 466. The molecule has 0 heterocycles. The van der Waals surface area contributed by atoms with Crippen molar-refractivity contribution in [2.24, 2.45) is 0 Å². The highest BCUT2D eigenvalue weighted by atomic mass is 16.6. The number of benzene rings is 1. The number of nitro groups is 1. The third-order valence-electron chi connectivity index (χ3n) is 2.72. The first-order valence-corrected chi connectivity index (χ1v) is 6.32. The quantitative estimate of drug-likeness (QED) is 0.324. The first-order chi connectivity index (χ1) is 9.57. The van der Waals surface area contributed by atoms with Crippen LogP contribution in [0.25, 0.3) is 0 Å². The Labute approximate surface area is 116 Å². The van der Waals surface area contributed by atoms with E-state index in [0.717, 1.165) is 19.3 Å². The minimum absolute atomic E-state index is 0.172. The molecule has 0 bridgehead atoms. The van der Waals surface area contributed by atoms with Crippen LogP contribution in [0.1, 0.15) is 36.0 Å². The number of rotatable bonds is 9. The lowest BCUT2D eigenvalue weighted by atomic mass is 10.1. The number of aromatic carboxylic acids is 1. The van der Waals surface area contributed by atoms with Gasteiger partial charge in [0.2, 0.25) is 5.75 Å². The predicted octanol–water partition coefficient (Wildman–Crippen LogP) is 3.42. The molecule has 6 nitrogen and oxygen atoms in total. The Hall–Kier alpha value is -2.37. The molecule has 108 valence electrons. The zero-order valence-electron chi connectivity index (χ0n) is 11.1. The summed E-state index contributed by atoms with van der Waals surface area (Å²) < 4.78 is 5.32. The zero-order chi connectivity index (χ0) is 15.0. The van der Waals surface area contributed by atoms with Gasteiger partial charge >= 0.3 is 11.7 Å². The van der Waals surface area contributed by atoms with Crippen LogP contribution in [0.3, 0.4) is 0 Å². The van der Waals surface area contributed by atoms with E-state index in [1.165, 1.54) is 18.2 Å². The minimum atomic E-state index is -1.24. The molecule has 1 aromatic carbocycles. The van der Waals surface area contributed by atoms with Crippen LogP contribution < -0.4 is 4.74 Å². The summed E-state index contributed by atoms with van der Waals surface area (Å²) in [4.78, 5) is 21.3. The standard InChI is InChI=1S/C14H17NO5/c1-2-3-4-5-6-10-20-13-11(14(16)17)8-7-9-12(13)15(18)19/h2,7-9H,1,3-6,10H2,(H,16,17). The molecule has 0 saturated carbocycles. The summed E-state index contributed by atoms with van der Waals surface area (Å²) in [6.45, 7) is 3.87. The fourth-order valence-electron chi connectivity index (χ4n) is 1.73. The van der Waals surface area contributed by atoms with Crippen LogP contribution in [0.5, 0.6) is 5.75 Å². The highest BCUT2D eigenvalue weighted by Crippen LogP contribution is 2.31. The Morgan fingerprint density at radius 2 is 2.15 bits per heavy atom. The topological polar surface area (TPSA) is 89.7 Å². The lowest BCUT2D eigenvalue weighted by Crippen LogP contribution is -2.07. The highest BCUT2D eigenvalue weighted by Gasteiger charge is 2.22. The van der Waals surface area contributed by atoms with Gasteiger partial charge in [-0.1, -0.05) is 12.1 Å². The fourth-order valence-corrected chi connectivity index (χ4v) is 1.73. The van der Waals surface area contributed by atoms with Gasteiger partial charge in [-0.15, -0.1) is 6.58 Å². The molecule has 0 radical (unpaired) electrons. The second kappa shape index (κ2) is 7.93. The molecule has 6 heteroatoms. The molecular weight excluding hydrogens is 262 g/mol. The van der Waals surface area contributed by atoms with Crippen LogP contribution >= 0.6 is 0 Å². The molecule has 0 unspecified atom stereocenters. The number of carbonyl (C=O) groups is 1. The van der Waals surface area contributed by atoms with Gasteiger partial charge in [0.15, 0.2) is 0 Å². The van der Waals surface area contributed by atoms with Gasteiger partial charge in [-0.2, -0.15) is 0 Å². The van der Waals surface area contributed by atoms with Crippen molar-refractivity contribution in [3.63, 3.8) is 0 Å². The molecule has 0 aliphatic rings. The van der Waals surface area contributed by atoms with E-state index in [9.17, 15) is 14.9 Å². The van der Waals surface area contributed by atoms with Gasteiger partial charge in [-0.3, -0.25) is 10.1 Å². The van der Waals surface area contributed by atoms with Gasteiger partial charge in [0.1, 0.15) is 5.56 Å². The SMILES string of the molecule is C=CCCCCCOc1c(C(=O)O)cccc1[N+](=O)[O-]. The van der Waals surface area contributed by atoms with E-state index < -0.39 is 10.9 Å². The number of carboxylic acids is 1. The average Bonchev–Trinajstić information content (AvgIpc) is 2.42. The normalized spacial score (nSPS) is 10.0. The van der Waals surface area contributed by atoms with E-state index in [-0.39, 0.29) is 23.6 Å². The molecule has 1 N–H and O–H groups in total. The van der Waals surface area contributed by atoms with Crippen LogP contribution in [0.15, 0.2) is 30.9 Å². The largest absolute Gasteiger partial charge is 0.486 e. The summed E-state index contributed by atoms with van der Waals surface area (Å²) >= 11 is 0. The average molecular weight is 279 g/mol. The van der Waals surface area contributed by atoms with Gasteiger partial charge in [0.05, 0.1) is 11.5 Å². The molecule has 0 aromatic heterocycles. The third kappa shape index (κ3) is 4.38. The number of nitrogens with zero attached hydrogens (tertiary/aromatic N) is 1. The lowest BCUT2D eigenvalue weighted by Gasteiger charge is -2.09. The van der Waals surface area contributed by atoms with Crippen LogP contribution in [0, 0.1) is 10.1 Å². The molecule has 0 spiro atoms. The molecule has 0 aliphatic heterocycles. The molecule has 1 rings (SSSR count). The van der Waals surface area contributed by atoms with Gasteiger partial charge in [0.25, 0.3) is 0 Å². The third-order valence-corrected chi connectivity index (χ3v) is 2.72. The summed E-state index contributed by atoms with van der Waals surface area (Å²) in [5.41, 5.74) is -0.513. The van der Waals surface area contributed by atoms with Crippen LogP contribution in [-0.2, 0) is 0 Å². The first-order valence-electron chi connectivity index (χ1n) is 6.32. The maximum Gasteiger partial charge on any atom is 0.339 e. The lowest BCUT2D eigenvalue weighted by molar-refractivity contribution is -0.385. The number of unbranched alkanes of at least 4 members (excludes halogenated alkanes) is 3. The smallest absolute Gasteiger partial charge is 0.339 e. The van der Waals surface area contributed by atoms with Crippen LogP contribution in [0.4, 0.5) is 5.69 Å². The maximum atomic E-state index is 11.1. The second-order valence-corrected chi connectivity index (χ2v) is 4.20. The Kier molecular flexibility index (Phi) is 6.22. The Balaban J connectivity index is 2.73. The van der Waals surface area contributed by atoms with Crippen LogP contribution in [0.2, 0.25) is 0 Å². The molecule has 0 saturated heterocycles. The minimum Gasteiger partial charge on any atom is -0.486 e. The van der Waals surface area contributed by atoms with E-state index >= 15 is 0 Å². The van der Waals surface area contributed by atoms with E-state index in [1.807, 2.05) is 6.08 Å². The Morgan fingerprint density at radius 1 is 1.40 bits per heavy atom. The van der Waals surface area contributed by atoms with Crippen molar-refractivity contribution in [1.29, 1.82) is 0 Å². The molecule has 0 atom stereocenters. The van der Waals surface area contributed by atoms with E-state index in [1.54, 1.807) is 0 Å². The van der Waals surface area contributed by atoms with Gasteiger partial charge < -0.3 is 9.84 Å². The van der Waals surface area contributed by atoms with Crippen molar-refractivity contribution in [3.05, 3.63) is 46.5 Å². The maximum absolute atomic E-state index is 11.1. The van der Waals surface area contributed by atoms with Crippen molar-refractivity contribution in [1.82, 2.24) is 0 Å². The number of nitro benzene ring substituents is 1. The van der Waals surface area contributed by atoms with Crippen molar-refractivity contribution >= 4 is 11.7 Å². The van der Waals surface area contributed by atoms with Crippen molar-refractivity contribution < 1.29 is 19.6 Å². The summed E-state index contributed by atoms with van der Waals surface area (Å²) in [6.07, 6.45) is 5.31. The fraction of sp³-hybridized carbons (Fsp3) is 0.357. The van der Waals surface area contributed by atoms with E-state index in [0.29, 0.717) is 6.42 Å². The van der Waals surface area contributed by atoms with E-state index in [2.05, 4.69) is 6.58 Å². The summed E-state index contributed by atoms with van der Waals surface area (Å²) in [7, 11) is 0. The number of hydrogen-bond donors (Lipinski definition) is 1. The molecule has 0 aliphatic carbocycles.